The minimum absolute atomic E-state index is 0.219. The second-order valence-corrected chi connectivity index (χ2v) is 15.8. The number of hydrogen-bond acceptors (Lipinski definition) is 1. The monoisotopic (exact) mass is 655 g/mol. The predicted molar refractivity (Wildman–Crippen MR) is 213 cm³/mol. The highest BCUT2D eigenvalue weighted by Crippen LogP contribution is 2.69. The molecule has 0 saturated heterocycles. The molecule has 0 aromatic heterocycles. The van der Waals surface area contributed by atoms with Gasteiger partial charge in [-0.1, -0.05) is 127 Å². The van der Waals surface area contributed by atoms with Crippen LogP contribution in [0.2, 0.25) is 0 Å². The van der Waals surface area contributed by atoms with Crippen LogP contribution in [0.3, 0.4) is 0 Å². The fraction of sp³-hybridized carbons (Fsp3) is 0.200. The van der Waals surface area contributed by atoms with E-state index in [0.717, 1.165) is 35.0 Å². The van der Waals surface area contributed by atoms with Crippen LogP contribution >= 0.6 is 0 Å². The summed E-state index contributed by atoms with van der Waals surface area (Å²) in [5, 5.41) is 2.49. The van der Waals surface area contributed by atoms with Gasteiger partial charge in [0.2, 0.25) is 0 Å². The summed E-state index contributed by atoms with van der Waals surface area (Å²) in [6.07, 6.45) is 7.18. The maximum Gasteiger partial charge on any atom is 0.0540 e. The smallest absolute Gasteiger partial charge is 0.0540 e. The number of benzene rings is 7. The van der Waals surface area contributed by atoms with E-state index in [-0.39, 0.29) is 5.41 Å². The van der Waals surface area contributed by atoms with E-state index in [2.05, 4.69) is 169 Å². The van der Waals surface area contributed by atoms with Gasteiger partial charge in [-0.15, -0.1) is 0 Å². The summed E-state index contributed by atoms with van der Waals surface area (Å²) in [5.41, 5.74) is 15.0. The molecule has 0 N–H and O–H groups in total. The van der Waals surface area contributed by atoms with Crippen LogP contribution in [0.4, 0.5) is 17.1 Å². The molecule has 0 aliphatic heterocycles. The normalized spacial score (nSPS) is 23.8. The van der Waals surface area contributed by atoms with Crippen molar-refractivity contribution in [3.05, 3.63) is 175 Å². The molecule has 7 aromatic rings. The van der Waals surface area contributed by atoms with Gasteiger partial charge in [0.05, 0.1) is 5.69 Å². The lowest BCUT2D eigenvalue weighted by Crippen LogP contribution is -2.55. The number of rotatable bonds is 5. The van der Waals surface area contributed by atoms with Gasteiger partial charge in [0.1, 0.15) is 0 Å². The van der Waals surface area contributed by atoms with Crippen molar-refractivity contribution in [1.29, 1.82) is 0 Å². The molecular weight excluding hydrogens is 615 g/mol. The molecule has 51 heavy (non-hydrogen) atoms. The number of fused-ring (bicyclic) bond motifs is 4. The van der Waals surface area contributed by atoms with Crippen LogP contribution in [0.25, 0.3) is 44.2 Å². The molecule has 4 fully saturated rings. The Bertz CT molecular complexity index is 2390. The van der Waals surface area contributed by atoms with Crippen molar-refractivity contribution in [2.75, 3.05) is 4.90 Å². The quantitative estimate of drug-likeness (QED) is 0.178. The summed E-state index contributed by atoms with van der Waals surface area (Å²) >= 11 is 0. The minimum Gasteiger partial charge on any atom is -0.310 e. The van der Waals surface area contributed by atoms with Gasteiger partial charge in [0, 0.05) is 22.2 Å². The highest BCUT2D eigenvalue weighted by Gasteiger charge is 2.61. The van der Waals surface area contributed by atoms with Crippen molar-refractivity contribution in [1.82, 2.24) is 0 Å². The standard InChI is InChI=1S/C50H41N/c1-2-9-35(10-3-1)36-17-22-42(23-18-36)51(49-16-8-12-38-11-4-5-13-44(38)49)43-24-19-37(20-25-43)39-21-26-48-46(32-39)45-14-6-7-15-47(45)50(48)40-28-33-27-34(30-40)31-41(50)29-33/h1-26,32-34,40-41H,27-31H2. The van der Waals surface area contributed by atoms with Crippen molar-refractivity contribution in [3.8, 4) is 33.4 Å². The maximum absolute atomic E-state index is 2.54. The summed E-state index contributed by atoms with van der Waals surface area (Å²) in [4.78, 5) is 2.41. The fourth-order valence-electron chi connectivity index (χ4n) is 11.4. The van der Waals surface area contributed by atoms with Crippen LogP contribution in [0.15, 0.2) is 164 Å². The molecule has 0 heterocycles. The lowest BCUT2D eigenvalue weighted by atomic mass is 9.43. The molecule has 4 saturated carbocycles. The molecule has 1 heteroatoms. The highest BCUT2D eigenvalue weighted by atomic mass is 15.1. The van der Waals surface area contributed by atoms with Crippen LogP contribution in [0, 0.1) is 23.7 Å². The molecule has 1 spiro atoms. The van der Waals surface area contributed by atoms with Crippen LogP contribution in [0.1, 0.15) is 43.2 Å². The Hall–Kier alpha value is -5.40. The van der Waals surface area contributed by atoms with E-state index in [9.17, 15) is 0 Å². The Kier molecular flexibility index (Phi) is 6.50. The average Bonchev–Trinajstić information content (AvgIpc) is 3.48. The molecule has 0 unspecified atom stereocenters. The summed E-state index contributed by atoms with van der Waals surface area (Å²) in [7, 11) is 0. The molecule has 0 atom stereocenters. The number of nitrogens with zero attached hydrogens (tertiary/aromatic N) is 1. The number of hydrogen-bond donors (Lipinski definition) is 0. The Morgan fingerprint density at radius 1 is 0.412 bits per heavy atom. The highest BCUT2D eigenvalue weighted by molar-refractivity contribution is 5.99. The largest absolute Gasteiger partial charge is 0.310 e. The van der Waals surface area contributed by atoms with Crippen molar-refractivity contribution < 1.29 is 0 Å². The first-order valence-corrected chi connectivity index (χ1v) is 19.0. The minimum atomic E-state index is 0.219. The van der Waals surface area contributed by atoms with E-state index in [0.29, 0.717) is 0 Å². The Labute approximate surface area is 301 Å². The van der Waals surface area contributed by atoms with E-state index in [1.54, 1.807) is 11.1 Å². The van der Waals surface area contributed by atoms with Gasteiger partial charge < -0.3 is 4.90 Å². The molecule has 5 aliphatic rings. The molecule has 0 amide bonds. The predicted octanol–water partition coefficient (Wildman–Crippen LogP) is 13.4. The van der Waals surface area contributed by atoms with E-state index < -0.39 is 0 Å². The third kappa shape index (κ3) is 4.40. The second kappa shape index (κ2) is 11.3. The summed E-state index contributed by atoms with van der Waals surface area (Å²) in [6.45, 7) is 0. The molecule has 1 nitrogen and oxygen atoms in total. The summed E-state index contributed by atoms with van der Waals surface area (Å²) < 4.78 is 0. The van der Waals surface area contributed by atoms with Gasteiger partial charge in [-0.3, -0.25) is 0 Å². The molecule has 4 bridgehead atoms. The van der Waals surface area contributed by atoms with Crippen molar-refractivity contribution in [3.63, 3.8) is 0 Å². The third-order valence-corrected chi connectivity index (χ3v) is 13.3. The molecule has 12 rings (SSSR count). The molecular formula is C50H41N. The number of anilines is 3. The van der Waals surface area contributed by atoms with E-state index in [4.69, 9.17) is 0 Å². The lowest BCUT2D eigenvalue weighted by Gasteiger charge is -2.61. The van der Waals surface area contributed by atoms with Gasteiger partial charge in [0.15, 0.2) is 0 Å². The molecule has 0 radical (unpaired) electrons. The van der Waals surface area contributed by atoms with Crippen LogP contribution in [0.5, 0.6) is 0 Å². The van der Waals surface area contributed by atoms with Crippen LogP contribution < -0.4 is 4.90 Å². The van der Waals surface area contributed by atoms with Crippen LogP contribution in [-0.4, -0.2) is 0 Å². The fourth-order valence-corrected chi connectivity index (χ4v) is 11.4. The van der Waals surface area contributed by atoms with E-state index in [1.807, 2.05) is 0 Å². The third-order valence-electron chi connectivity index (χ3n) is 13.3. The second-order valence-electron chi connectivity index (χ2n) is 15.8. The first-order valence-electron chi connectivity index (χ1n) is 19.0. The first kappa shape index (κ1) is 29.3. The maximum atomic E-state index is 2.54. The van der Waals surface area contributed by atoms with Crippen molar-refractivity contribution >= 4 is 27.8 Å². The Balaban J connectivity index is 0.994. The van der Waals surface area contributed by atoms with Gasteiger partial charge in [-0.2, -0.15) is 0 Å². The topological polar surface area (TPSA) is 3.24 Å². The summed E-state index contributed by atoms with van der Waals surface area (Å²) in [6, 6.07) is 61.2. The van der Waals surface area contributed by atoms with Gasteiger partial charge in [0.25, 0.3) is 0 Å². The van der Waals surface area contributed by atoms with Crippen LogP contribution in [-0.2, 0) is 5.41 Å². The zero-order chi connectivity index (χ0) is 33.5. The van der Waals surface area contributed by atoms with Gasteiger partial charge in [-0.05, 0) is 142 Å². The zero-order valence-corrected chi connectivity index (χ0v) is 28.9. The lowest BCUT2D eigenvalue weighted by molar-refractivity contribution is -0.0399. The van der Waals surface area contributed by atoms with E-state index in [1.165, 1.54) is 81.9 Å². The molecule has 246 valence electrons. The SMILES string of the molecule is c1ccc(-c2ccc(N(c3ccc(-c4ccc5c(c4)-c4ccccc4C54C5CC6CC(C5)CC4C6)cc3)c3cccc4ccccc34)cc2)cc1. The van der Waals surface area contributed by atoms with Gasteiger partial charge >= 0.3 is 0 Å². The van der Waals surface area contributed by atoms with Gasteiger partial charge in [-0.25, -0.2) is 0 Å². The molecule has 5 aliphatic carbocycles. The summed E-state index contributed by atoms with van der Waals surface area (Å²) in [5.74, 6) is 3.51. The Morgan fingerprint density at radius 3 is 1.69 bits per heavy atom. The van der Waals surface area contributed by atoms with E-state index >= 15 is 0 Å². The Morgan fingerprint density at radius 2 is 0.961 bits per heavy atom. The average molecular weight is 656 g/mol. The first-order chi connectivity index (χ1) is 25.2. The molecule has 7 aromatic carbocycles. The zero-order valence-electron chi connectivity index (χ0n) is 28.9. The van der Waals surface area contributed by atoms with Crippen molar-refractivity contribution in [2.24, 2.45) is 23.7 Å². The van der Waals surface area contributed by atoms with Crippen molar-refractivity contribution in [2.45, 2.75) is 37.5 Å².